The molecule has 0 radical (unpaired) electrons. The molecule has 106 valence electrons. The van der Waals surface area contributed by atoms with Crippen molar-refractivity contribution in [1.82, 2.24) is 4.90 Å². The monoisotopic (exact) mass is 256 g/mol. The van der Waals surface area contributed by atoms with E-state index in [0.717, 1.165) is 39.1 Å². The summed E-state index contributed by atoms with van der Waals surface area (Å²) in [5.41, 5.74) is 6.17. The molecule has 4 heteroatoms. The molecule has 0 aromatic rings. The maximum Gasteiger partial charge on any atom is 0.0935 e. The van der Waals surface area contributed by atoms with Gasteiger partial charge in [-0.25, -0.2) is 0 Å². The first kappa shape index (κ1) is 14.3. The van der Waals surface area contributed by atoms with Crippen molar-refractivity contribution in [2.75, 3.05) is 32.8 Å². The van der Waals surface area contributed by atoms with Crippen LogP contribution in [0.1, 0.15) is 39.0 Å². The Balaban J connectivity index is 1.72. The summed E-state index contributed by atoms with van der Waals surface area (Å²) in [6.45, 7) is 6.88. The smallest absolute Gasteiger partial charge is 0.0935 e. The third-order valence-corrected chi connectivity index (χ3v) is 4.17. The molecule has 0 spiro atoms. The summed E-state index contributed by atoms with van der Waals surface area (Å²) in [5, 5.41) is 0. The Morgan fingerprint density at radius 1 is 1.28 bits per heavy atom. The topological polar surface area (TPSA) is 47.7 Å². The number of rotatable bonds is 4. The Hall–Kier alpha value is -0.160. The van der Waals surface area contributed by atoms with Crippen LogP contribution in [0.2, 0.25) is 0 Å². The second-order valence-corrected chi connectivity index (χ2v) is 5.56. The molecule has 1 aliphatic heterocycles. The van der Waals surface area contributed by atoms with Crippen LogP contribution < -0.4 is 5.73 Å². The molecular formula is C14H28N2O2. The molecular weight excluding hydrogens is 228 g/mol. The van der Waals surface area contributed by atoms with Gasteiger partial charge in [0.1, 0.15) is 0 Å². The van der Waals surface area contributed by atoms with E-state index in [1.807, 2.05) is 0 Å². The molecule has 2 aliphatic rings. The van der Waals surface area contributed by atoms with Crippen molar-refractivity contribution in [3.05, 3.63) is 0 Å². The molecule has 1 saturated carbocycles. The van der Waals surface area contributed by atoms with E-state index in [0.29, 0.717) is 6.61 Å². The quantitative estimate of drug-likeness (QED) is 0.772. The minimum absolute atomic E-state index is 0.221. The van der Waals surface area contributed by atoms with Crippen molar-refractivity contribution in [2.45, 2.75) is 57.3 Å². The molecule has 0 aromatic carbocycles. The van der Waals surface area contributed by atoms with Crippen LogP contribution in [-0.4, -0.2) is 56.0 Å². The van der Waals surface area contributed by atoms with Gasteiger partial charge in [0, 0.05) is 19.1 Å². The first-order valence-electron chi connectivity index (χ1n) is 7.50. The van der Waals surface area contributed by atoms with Gasteiger partial charge in [0.15, 0.2) is 0 Å². The molecule has 4 nitrogen and oxygen atoms in total. The van der Waals surface area contributed by atoms with E-state index in [-0.39, 0.29) is 18.2 Å². The molecule has 0 bridgehead atoms. The number of morpholine rings is 1. The van der Waals surface area contributed by atoms with Gasteiger partial charge in [-0.15, -0.1) is 0 Å². The Bertz CT molecular complexity index is 238. The van der Waals surface area contributed by atoms with Gasteiger partial charge in [0.2, 0.25) is 0 Å². The SMILES string of the molecule is CCN1CCOC(COC2CCCCCC2N)C1. The fourth-order valence-corrected chi connectivity index (χ4v) is 2.91. The van der Waals surface area contributed by atoms with Crippen LogP contribution in [0, 0.1) is 0 Å². The van der Waals surface area contributed by atoms with E-state index in [1.54, 1.807) is 0 Å². The van der Waals surface area contributed by atoms with Gasteiger partial charge in [0.25, 0.3) is 0 Å². The van der Waals surface area contributed by atoms with E-state index in [4.69, 9.17) is 15.2 Å². The average Bonchev–Trinajstić information content (AvgIpc) is 2.61. The zero-order valence-corrected chi connectivity index (χ0v) is 11.6. The lowest BCUT2D eigenvalue weighted by atomic mass is 10.1. The van der Waals surface area contributed by atoms with E-state index in [2.05, 4.69) is 11.8 Å². The number of ether oxygens (including phenoxy) is 2. The molecule has 2 rings (SSSR count). The first-order valence-corrected chi connectivity index (χ1v) is 7.50. The van der Waals surface area contributed by atoms with Crippen LogP contribution in [0.15, 0.2) is 0 Å². The highest BCUT2D eigenvalue weighted by Gasteiger charge is 2.24. The van der Waals surface area contributed by atoms with Gasteiger partial charge in [-0.3, -0.25) is 4.90 Å². The standard InChI is InChI=1S/C14H28N2O2/c1-2-16-8-9-17-12(10-16)11-18-14-7-5-3-4-6-13(14)15/h12-14H,2-11,15H2,1H3. The van der Waals surface area contributed by atoms with Crippen LogP contribution in [0.25, 0.3) is 0 Å². The summed E-state index contributed by atoms with van der Waals surface area (Å²) in [5.74, 6) is 0. The molecule has 3 unspecified atom stereocenters. The lowest BCUT2D eigenvalue weighted by Gasteiger charge is -2.33. The fraction of sp³-hybridized carbons (Fsp3) is 1.00. The molecule has 1 heterocycles. The molecule has 1 saturated heterocycles. The van der Waals surface area contributed by atoms with Crippen molar-refractivity contribution in [2.24, 2.45) is 5.73 Å². The Labute approximate surface area is 111 Å². The predicted molar refractivity (Wildman–Crippen MR) is 72.7 cm³/mol. The van der Waals surface area contributed by atoms with Crippen molar-refractivity contribution in [3.63, 3.8) is 0 Å². The van der Waals surface area contributed by atoms with E-state index >= 15 is 0 Å². The number of nitrogens with zero attached hydrogens (tertiary/aromatic N) is 1. The van der Waals surface area contributed by atoms with Crippen molar-refractivity contribution < 1.29 is 9.47 Å². The third kappa shape index (κ3) is 4.19. The van der Waals surface area contributed by atoms with Gasteiger partial charge < -0.3 is 15.2 Å². The predicted octanol–water partition coefficient (Wildman–Crippen LogP) is 1.38. The molecule has 3 atom stereocenters. The van der Waals surface area contributed by atoms with Crippen molar-refractivity contribution in [1.29, 1.82) is 0 Å². The summed E-state index contributed by atoms with van der Waals surface area (Å²) in [4.78, 5) is 2.42. The van der Waals surface area contributed by atoms with E-state index < -0.39 is 0 Å². The van der Waals surface area contributed by atoms with E-state index in [9.17, 15) is 0 Å². The summed E-state index contributed by atoms with van der Waals surface area (Å²) in [6.07, 6.45) is 6.51. The Morgan fingerprint density at radius 2 is 2.11 bits per heavy atom. The summed E-state index contributed by atoms with van der Waals surface area (Å²) >= 11 is 0. The normalized spacial score (nSPS) is 35.3. The van der Waals surface area contributed by atoms with E-state index in [1.165, 1.54) is 19.3 Å². The molecule has 0 aromatic heterocycles. The third-order valence-electron chi connectivity index (χ3n) is 4.17. The lowest BCUT2D eigenvalue weighted by molar-refractivity contribution is -0.0887. The summed E-state index contributed by atoms with van der Waals surface area (Å²) < 4.78 is 11.8. The van der Waals surface area contributed by atoms with Gasteiger partial charge in [0.05, 0.1) is 25.4 Å². The maximum absolute atomic E-state index is 6.17. The lowest BCUT2D eigenvalue weighted by Crippen LogP contribution is -2.46. The maximum atomic E-state index is 6.17. The largest absolute Gasteiger partial charge is 0.374 e. The summed E-state index contributed by atoms with van der Waals surface area (Å²) in [6, 6.07) is 0.221. The molecule has 0 amide bonds. The first-order chi connectivity index (χ1) is 8.79. The Kier molecular flexibility index (Phi) is 5.89. The summed E-state index contributed by atoms with van der Waals surface area (Å²) in [7, 11) is 0. The number of likely N-dealkylation sites (N-methyl/N-ethyl adjacent to an activating group) is 1. The second kappa shape index (κ2) is 7.43. The number of hydrogen-bond acceptors (Lipinski definition) is 4. The molecule has 18 heavy (non-hydrogen) atoms. The van der Waals surface area contributed by atoms with Gasteiger partial charge in [-0.05, 0) is 19.4 Å². The van der Waals surface area contributed by atoms with Crippen LogP contribution in [-0.2, 0) is 9.47 Å². The molecule has 2 N–H and O–H groups in total. The van der Waals surface area contributed by atoms with Crippen molar-refractivity contribution in [3.8, 4) is 0 Å². The highest BCUT2D eigenvalue weighted by Crippen LogP contribution is 2.20. The van der Waals surface area contributed by atoms with Crippen molar-refractivity contribution >= 4 is 0 Å². The fourth-order valence-electron chi connectivity index (χ4n) is 2.91. The van der Waals surface area contributed by atoms with Gasteiger partial charge in [-0.1, -0.05) is 26.2 Å². The van der Waals surface area contributed by atoms with Crippen LogP contribution in [0.5, 0.6) is 0 Å². The molecule has 2 fully saturated rings. The highest BCUT2D eigenvalue weighted by atomic mass is 16.5. The zero-order valence-electron chi connectivity index (χ0n) is 11.6. The van der Waals surface area contributed by atoms with Crippen LogP contribution in [0.3, 0.4) is 0 Å². The van der Waals surface area contributed by atoms with Gasteiger partial charge in [-0.2, -0.15) is 0 Å². The number of hydrogen-bond donors (Lipinski definition) is 1. The zero-order chi connectivity index (χ0) is 12.8. The Morgan fingerprint density at radius 3 is 2.94 bits per heavy atom. The van der Waals surface area contributed by atoms with Crippen LogP contribution >= 0.6 is 0 Å². The minimum Gasteiger partial charge on any atom is -0.374 e. The van der Waals surface area contributed by atoms with Gasteiger partial charge >= 0.3 is 0 Å². The second-order valence-electron chi connectivity index (χ2n) is 5.56. The highest BCUT2D eigenvalue weighted by molar-refractivity contribution is 4.78. The molecule has 1 aliphatic carbocycles. The number of nitrogens with two attached hydrogens (primary N) is 1. The average molecular weight is 256 g/mol. The minimum atomic E-state index is 0.221. The van der Waals surface area contributed by atoms with Crippen LogP contribution in [0.4, 0.5) is 0 Å².